The van der Waals surface area contributed by atoms with Gasteiger partial charge in [-0.1, -0.05) is 34.1 Å². The van der Waals surface area contributed by atoms with Crippen LogP contribution in [0.15, 0.2) is 28.7 Å². The monoisotopic (exact) mass is 282 g/mol. The Hall–Kier alpha value is -0.870. The van der Waals surface area contributed by atoms with Gasteiger partial charge in [0.2, 0.25) is 5.91 Å². The summed E-state index contributed by atoms with van der Waals surface area (Å²) < 4.78 is 1.04. The van der Waals surface area contributed by atoms with Crippen LogP contribution in [0.5, 0.6) is 0 Å². The van der Waals surface area contributed by atoms with Crippen LogP contribution in [0.4, 0.5) is 0 Å². The Morgan fingerprint density at radius 2 is 2.19 bits per heavy atom. The lowest BCUT2D eigenvalue weighted by atomic mass is 9.88. The Balaban J connectivity index is 2.21. The Morgan fingerprint density at radius 1 is 1.44 bits per heavy atom. The number of carbonyl (C=O) groups is 1. The van der Waals surface area contributed by atoms with E-state index in [1.165, 1.54) is 0 Å². The third kappa shape index (κ3) is 2.44. The Kier molecular flexibility index (Phi) is 3.61. The number of carbonyl (C=O) groups excluding carboxylic acids is 1. The van der Waals surface area contributed by atoms with E-state index in [0.29, 0.717) is 18.9 Å². The van der Waals surface area contributed by atoms with Crippen molar-refractivity contribution >= 4 is 21.8 Å². The highest BCUT2D eigenvalue weighted by Gasteiger charge is 2.27. The second-order valence-corrected chi connectivity index (χ2v) is 5.04. The molecule has 1 aromatic carbocycles. The normalized spacial score (nSPS) is 25.2. The van der Waals surface area contributed by atoms with Gasteiger partial charge in [-0.2, -0.15) is 0 Å². The second-order valence-electron chi connectivity index (χ2n) is 4.18. The van der Waals surface area contributed by atoms with Crippen LogP contribution in [0.25, 0.3) is 0 Å². The molecule has 1 aliphatic rings. The summed E-state index contributed by atoms with van der Waals surface area (Å²) in [5.74, 6) is 0.397. The SMILES string of the molecule is NCC1CC(=O)NC(c2ccccc2Br)C1. The van der Waals surface area contributed by atoms with Crippen molar-refractivity contribution < 1.29 is 4.79 Å². The Morgan fingerprint density at radius 3 is 2.88 bits per heavy atom. The highest BCUT2D eigenvalue weighted by atomic mass is 79.9. The van der Waals surface area contributed by atoms with Gasteiger partial charge in [-0.25, -0.2) is 0 Å². The van der Waals surface area contributed by atoms with E-state index in [2.05, 4.69) is 21.2 Å². The van der Waals surface area contributed by atoms with E-state index in [1.807, 2.05) is 24.3 Å². The lowest BCUT2D eigenvalue weighted by Crippen LogP contribution is -2.39. The van der Waals surface area contributed by atoms with Gasteiger partial charge in [0.1, 0.15) is 0 Å². The van der Waals surface area contributed by atoms with Crippen molar-refractivity contribution in [2.75, 3.05) is 6.54 Å². The zero-order valence-corrected chi connectivity index (χ0v) is 10.5. The molecule has 1 fully saturated rings. The molecule has 2 atom stereocenters. The van der Waals surface area contributed by atoms with Crippen LogP contribution in [0.2, 0.25) is 0 Å². The third-order valence-electron chi connectivity index (χ3n) is 2.99. The summed E-state index contributed by atoms with van der Waals surface area (Å²) in [6.07, 6.45) is 1.47. The maximum Gasteiger partial charge on any atom is 0.220 e. The number of nitrogens with two attached hydrogens (primary N) is 1. The summed E-state index contributed by atoms with van der Waals surface area (Å²) in [6.45, 7) is 0.578. The molecule has 0 saturated carbocycles. The first-order valence-corrected chi connectivity index (χ1v) is 6.24. The molecule has 0 aromatic heterocycles. The molecule has 3 N–H and O–H groups in total. The molecule has 1 heterocycles. The highest BCUT2D eigenvalue weighted by Crippen LogP contribution is 2.31. The molecule has 0 aliphatic carbocycles. The summed E-state index contributed by atoms with van der Waals surface area (Å²) in [5, 5.41) is 3.01. The summed E-state index contributed by atoms with van der Waals surface area (Å²) in [6, 6.07) is 8.07. The molecule has 3 nitrogen and oxygen atoms in total. The van der Waals surface area contributed by atoms with E-state index in [9.17, 15) is 4.79 Å². The number of amides is 1. The van der Waals surface area contributed by atoms with Crippen molar-refractivity contribution in [3.8, 4) is 0 Å². The van der Waals surface area contributed by atoms with Crippen LogP contribution in [0, 0.1) is 5.92 Å². The quantitative estimate of drug-likeness (QED) is 0.872. The van der Waals surface area contributed by atoms with Gasteiger partial charge >= 0.3 is 0 Å². The minimum Gasteiger partial charge on any atom is -0.349 e. The number of piperidine rings is 1. The first kappa shape index (κ1) is 11.6. The van der Waals surface area contributed by atoms with Crippen LogP contribution in [-0.4, -0.2) is 12.5 Å². The van der Waals surface area contributed by atoms with Crippen molar-refractivity contribution in [1.29, 1.82) is 0 Å². The molecule has 86 valence electrons. The van der Waals surface area contributed by atoms with E-state index in [4.69, 9.17) is 5.73 Å². The molecule has 2 unspecified atom stereocenters. The molecule has 0 bridgehead atoms. The fraction of sp³-hybridized carbons (Fsp3) is 0.417. The predicted octanol–water partition coefficient (Wildman–Crippen LogP) is 1.98. The van der Waals surface area contributed by atoms with Gasteiger partial charge < -0.3 is 11.1 Å². The van der Waals surface area contributed by atoms with E-state index in [1.54, 1.807) is 0 Å². The standard InChI is InChI=1S/C12H15BrN2O/c13-10-4-2-1-3-9(10)11-5-8(7-14)6-12(16)15-11/h1-4,8,11H,5-7,14H2,(H,15,16). The van der Waals surface area contributed by atoms with Gasteiger partial charge in [0.05, 0.1) is 6.04 Å². The molecule has 1 saturated heterocycles. The topological polar surface area (TPSA) is 55.1 Å². The first-order valence-electron chi connectivity index (χ1n) is 5.44. The van der Waals surface area contributed by atoms with Crippen LogP contribution in [0.1, 0.15) is 24.4 Å². The van der Waals surface area contributed by atoms with E-state index < -0.39 is 0 Å². The largest absolute Gasteiger partial charge is 0.349 e. The van der Waals surface area contributed by atoms with Gasteiger partial charge in [0.25, 0.3) is 0 Å². The van der Waals surface area contributed by atoms with E-state index in [0.717, 1.165) is 16.5 Å². The number of nitrogens with one attached hydrogen (secondary N) is 1. The number of hydrogen-bond acceptors (Lipinski definition) is 2. The molecule has 1 aromatic rings. The third-order valence-corrected chi connectivity index (χ3v) is 3.71. The van der Waals surface area contributed by atoms with Crippen molar-refractivity contribution in [2.45, 2.75) is 18.9 Å². The minimum atomic E-state index is 0.0883. The Labute approximate surface area is 104 Å². The summed E-state index contributed by atoms with van der Waals surface area (Å²) in [4.78, 5) is 11.5. The molecule has 1 aliphatic heterocycles. The molecule has 0 spiro atoms. The molecular formula is C12H15BrN2O. The van der Waals surface area contributed by atoms with Gasteiger partial charge in [-0.15, -0.1) is 0 Å². The number of halogens is 1. The minimum absolute atomic E-state index is 0.0883. The smallest absolute Gasteiger partial charge is 0.220 e. The van der Waals surface area contributed by atoms with Gasteiger partial charge in [-0.05, 0) is 30.5 Å². The highest BCUT2D eigenvalue weighted by molar-refractivity contribution is 9.10. The molecule has 4 heteroatoms. The van der Waals surface area contributed by atoms with Crippen LogP contribution < -0.4 is 11.1 Å². The van der Waals surface area contributed by atoms with Crippen LogP contribution in [0.3, 0.4) is 0 Å². The summed E-state index contributed by atoms with van der Waals surface area (Å²) in [5.41, 5.74) is 6.79. The fourth-order valence-electron chi connectivity index (χ4n) is 2.13. The number of benzene rings is 1. The van der Waals surface area contributed by atoms with E-state index in [-0.39, 0.29) is 11.9 Å². The van der Waals surface area contributed by atoms with Crippen molar-refractivity contribution in [3.63, 3.8) is 0 Å². The van der Waals surface area contributed by atoms with Crippen molar-refractivity contribution in [3.05, 3.63) is 34.3 Å². The van der Waals surface area contributed by atoms with Crippen LogP contribution in [-0.2, 0) is 4.79 Å². The lowest BCUT2D eigenvalue weighted by Gasteiger charge is -2.30. The number of hydrogen-bond donors (Lipinski definition) is 2. The maximum absolute atomic E-state index is 11.5. The van der Waals surface area contributed by atoms with Gasteiger partial charge in [-0.3, -0.25) is 4.79 Å². The Bertz CT molecular complexity index is 394. The van der Waals surface area contributed by atoms with Gasteiger partial charge in [0, 0.05) is 10.9 Å². The number of rotatable bonds is 2. The lowest BCUT2D eigenvalue weighted by molar-refractivity contribution is -0.124. The summed E-state index contributed by atoms with van der Waals surface area (Å²) >= 11 is 3.51. The average Bonchev–Trinajstić information content (AvgIpc) is 2.28. The first-order chi connectivity index (χ1) is 7.70. The van der Waals surface area contributed by atoms with Crippen molar-refractivity contribution in [2.24, 2.45) is 11.7 Å². The molecule has 1 amide bonds. The average molecular weight is 283 g/mol. The molecule has 0 radical (unpaired) electrons. The predicted molar refractivity (Wildman–Crippen MR) is 66.8 cm³/mol. The van der Waals surface area contributed by atoms with Gasteiger partial charge in [0.15, 0.2) is 0 Å². The summed E-state index contributed by atoms with van der Waals surface area (Å²) in [7, 11) is 0. The molecule has 16 heavy (non-hydrogen) atoms. The van der Waals surface area contributed by atoms with E-state index >= 15 is 0 Å². The maximum atomic E-state index is 11.5. The fourth-order valence-corrected chi connectivity index (χ4v) is 2.69. The molecule has 2 rings (SSSR count). The van der Waals surface area contributed by atoms with Crippen LogP contribution >= 0.6 is 15.9 Å². The van der Waals surface area contributed by atoms with Crippen molar-refractivity contribution in [1.82, 2.24) is 5.32 Å². The molecular weight excluding hydrogens is 268 g/mol. The zero-order valence-electron chi connectivity index (χ0n) is 8.95. The second kappa shape index (κ2) is 4.97. The zero-order chi connectivity index (χ0) is 11.5.